The SMILES string of the molecule is CC(=O)Nc1ccc(NC(=O)[C@H](C)N[C@H](C)c2ccc(Cl)cc2)cc1. The molecule has 132 valence electrons. The molecule has 2 rings (SSSR count). The molecule has 0 fully saturated rings. The quantitative estimate of drug-likeness (QED) is 0.730. The van der Waals surface area contributed by atoms with Crippen molar-refractivity contribution in [1.82, 2.24) is 5.32 Å². The molecule has 0 unspecified atom stereocenters. The molecule has 0 radical (unpaired) electrons. The number of benzene rings is 2. The van der Waals surface area contributed by atoms with Gasteiger partial charge in [-0.3, -0.25) is 14.9 Å². The van der Waals surface area contributed by atoms with Gasteiger partial charge >= 0.3 is 0 Å². The van der Waals surface area contributed by atoms with Crippen molar-refractivity contribution in [2.45, 2.75) is 32.9 Å². The number of rotatable bonds is 6. The maximum absolute atomic E-state index is 12.3. The van der Waals surface area contributed by atoms with E-state index in [0.717, 1.165) is 5.56 Å². The Morgan fingerprint density at radius 1 is 0.880 bits per heavy atom. The fourth-order valence-electron chi connectivity index (χ4n) is 2.39. The lowest BCUT2D eigenvalue weighted by Crippen LogP contribution is -2.39. The van der Waals surface area contributed by atoms with E-state index in [9.17, 15) is 9.59 Å². The summed E-state index contributed by atoms with van der Waals surface area (Å²) in [5.41, 5.74) is 2.42. The topological polar surface area (TPSA) is 70.2 Å². The van der Waals surface area contributed by atoms with Crippen LogP contribution in [0.25, 0.3) is 0 Å². The summed E-state index contributed by atoms with van der Waals surface area (Å²) in [7, 11) is 0. The molecule has 0 bridgehead atoms. The van der Waals surface area contributed by atoms with Crippen LogP contribution in [0.3, 0.4) is 0 Å². The lowest BCUT2D eigenvalue weighted by molar-refractivity contribution is -0.118. The molecule has 0 aliphatic carbocycles. The van der Waals surface area contributed by atoms with E-state index in [-0.39, 0.29) is 23.9 Å². The van der Waals surface area contributed by atoms with Crippen LogP contribution >= 0.6 is 11.6 Å². The number of halogens is 1. The number of anilines is 2. The fraction of sp³-hybridized carbons (Fsp3) is 0.263. The van der Waals surface area contributed by atoms with E-state index in [1.54, 1.807) is 24.3 Å². The average molecular weight is 360 g/mol. The van der Waals surface area contributed by atoms with Crippen molar-refractivity contribution in [3.05, 3.63) is 59.1 Å². The van der Waals surface area contributed by atoms with Crippen LogP contribution in [0.2, 0.25) is 5.02 Å². The molecule has 0 heterocycles. The number of carbonyl (C=O) groups is 2. The zero-order valence-corrected chi connectivity index (χ0v) is 15.2. The number of amides is 2. The molecule has 0 saturated carbocycles. The zero-order valence-electron chi connectivity index (χ0n) is 14.5. The first-order chi connectivity index (χ1) is 11.8. The number of hydrogen-bond acceptors (Lipinski definition) is 3. The third-order valence-electron chi connectivity index (χ3n) is 3.74. The molecule has 25 heavy (non-hydrogen) atoms. The first kappa shape index (κ1) is 19.0. The highest BCUT2D eigenvalue weighted by Gasteiger charge is 2.16. The number of hydrogen-bond donors (Lipinski definition) is 3. The first-order valence-corrected chi connectivity index (χ1v) is 8.43. The lowest BCUT2D eigenvalue weighted by atomic mass is 10.1. The van der Waals surface area contributed by atoms with Crippen LogP contribution in [0.15, 0.2) is 48.5 Å². The molecule has 2 aromatic rings. The van der Waals surface area contributed by atoms with Gasteiger partial charge in [-0.15, -0.1) is 0 Å². The van der Waals surface area contributed by atoms with Crippen molar-refractivity contribution in [3.8, 4) is 0 Å². The second-order valence-corrected chi connectivity index (χ2v) is 6.35. The van der Waals surface area contributed by atoms with E-state index in [1.165, 1.54) is 6.92 Å². The molecule has 0 spiro atoms. The van der Waals surface area contributed by atoms with Crippen LogP contribution in [-0.4, -0.2) is 17.9 Å². The summed E-state index contributed by atoms with van der Waals surface area (Å²) in [6, 6.07) is 14.2. The van der Waals surface area contributed by atoms with Crippen molar-refractivity contribution in [2.24, 2.45) is 0 Å². The molecular weight excluding hydrogens is 338 g/mol. The molecule has 0 aliphatic rings. The van der Waals surface area contributed by atoms with Gasteiger partial charge in [-0.2, -0.15) is 0 Å². The maximum atomic E-state index is 12.3. The molecule has 2 atom stereocenters. The predicted octanol–water partition coefficient (Wildman–Crippen LogP) is 3.98. The largest absolute Gasteiger partial charge is 0.326 e. The molecule has 2 aromatic carbocycles. The van der Waals surface area contributed by atoms with Crippen molar-refractivity contribution < 1.29 is 9.59 Å². The Morgan fingerprint density at radius 2 is 1.40 bits per heavy atom. The Kier molecular flexibility index (Phi) is 6.56. The van der Waals surface area contributed by atoms with E-state index in [1.807, 2.05) is 38.1 Å². The van der Waals surface area contributed by atoms with Gasteiger partial charge in [-0.05, 0) is 55.8 Å². The monoisotopic (exact) mass is 359 g/mol. The zero-order chi connectivity index (χ0) is 18.4. The van der Waals surface area contributed by atoms with E-state index >= 15 is 0 Å². The summed E-state index contributed by atoms with van der Waals surface area (Å²) in [6.07, 6.45) is 0. The molecular formula is C19H22ClN3O2. The van der Waals surface area contributed by atoms with Crippen LogP contribution in [0.1, 0.15) is 32.4 Å². The van der Waals surface area contributed by atoms with Gasteiger partial charge < -0.3 is 10.6 Å². The second kappa shape index (κ2) is 8.65. The molecule has 0 aliphatic heterocycles. The maximum Gasteiger partial charge on any atom is 0.241 e. The summed E-state index contributed by atoms with van der Waals surface area (Å²) >= 11 is 5.89. The van der Waals surface area contributed by atoms with Crippen LogP contribution in [-0.2, 0) is 9.59 Å². The van der Waals surface area contributed by atoms with Crippen LogP contribution in [0.4, 0.5) is 11.4 Å². The van der Waals surface area contributed by atoms with Gasteiger partial charge in [0.25, 0.3) is 0 Å². The normalized spacial score (nSPS) is 13.0. The van der Waals surface area contributed by atoms with E-state index < -0.39 is 0 Å². The van der Waals surface area contributed by atoms with Gasteiger partial charge in [0, 0.05) is 29.4 Å². The third-order valence-corrected chi connectivity index (χ3v) is 3.99. The van der Waals surface area contributed by atoms with Gasteiger partial charge in [-0.1, -0.05) is 23.7 Å². The summed E-state index contributed by atoms with van der Waals surface area (Å²) in [4.78, 5) is 23.3. The summed E-state index contributed by atoms with van der Waals surface area (Å²) in [6.45, 7) is 5.26. The highest BCUT2D eigenvalue weighted by molar-refractivity contribution is 6.30. The average Bonchev–Trinajstić information content (AvgIpc) is 2.56. The molecule has 2 amide bonds. The minimum Gasteiger partial charge on any atom is -0.326 e. The smallest absolute Gasteiger partial charge is 0.241 e. The van der Waals surface area contributed by atoms with Gasteiger partial charge in [0.05, 0.1) is 6.04 Å². The van der Waals surface area contributed by atoms with Gasteiger partial charge in [0.2, 0.25) is 11.8 Å². The summed E-state index contributed by atoms with van der Waals surface area (Å²) in [5.74, 6) is -0.265. The Morgan fingerprint density at radius 3 is 1.92 bits per heavy atom. The highest BCUT2D eigenvalue weighted by Crippen LogP contribution is 2.17. The number of carbonyl (C=O) groups excluding carboxylic acids is 2. The minimum atomic E-state index is -0.374. The molecule has 5 nitrogen and oxygen atoms in total. The predicted molar refractivity (Wildman–Crippen MR) is 102 cm³/mol. The van der Waals surface area contributed by atoms with Gasteiger partial charge in [0.1, 0.15) is 0 Å². The molecule has 6 heteroatoms. The van der Waals surface area contributed by atoms with Crippen LogP contribution < -0.4 is 16.0 Å². The molecule has 0 saturated heterocycles. The summed E-state index contributed by atoms with van der Waals surface area (Å²) in [5, 5.41) is 9.48. The van der Waals surface area contributed by atoms with Gasteiger partial charge in [0.15, 0.2) is 0 Å². The second-order valence-electron chi connectivity index (χ2n) is 5.91. The van der Waals surface area contributed by atoms with E-state index in [0.29, 0.717) is 16.4 Å². The lowest BCUT2D eigenvalue weighted by Gasteiger charge is -2.20. The fourth-order valence-corrected chi connectivity index (χ4v) is 2.52. The standard InChI is InChI=1S/C19H22ClN3O2/c1-12(15-4-6-16(20)7-5-15)21-13(2)19(25)23-18-10-8-17(9-11-18)22-14(3)24/h4-13,21H,1-3H3,(H,22,24)(H,23,25)/t12-,13+/m1/s1. The Balaban J connectivity index is 1.91. The summed E-state index contributed by atoms with van der Waals surface area (Å²) < 4.78 is 0. The highest BCUT2D eigenvalue weighted by atomic mass is 35.5. The third kappa shape index (κ3) is 5.89. The van der Waals surface area contributed by atoms with Gasteiger partial charge in [-0.25, -0.2) is 0 Å². The van der Waals surface area contributed by atoms with Crippen LogP contribution in [0.5, 0.6) is 0 Å². The van der Waals surface area contributed by atoms with Crippen LogP contribution in [0, 0.1) is 0 Å². The molecule has 3 N–H and O–H groups in total. The molecule has 0 aromatic heterocycles. The van der Waals surface area contributed by atoms with Crippen molar-refractivity contribution in [1.29, 1.82) is 0 Å². The first-order valence-electron chi connectivity index (χ1n) is 8.05. The minimum absolute atomic E-state index is 0.0140. The van der Waals surface area contributed by atoms with E-state index in [2.05, 4.69) is 16.0 Å². The Labute approximate surface area is 152 Å². The van der Waals surface area contributed by atoms with Crippen molar-refractivity contribution in [3.63, 3.8) is 0 Å². The number of nitrogens with one attached hydrogen (secondary N) is 3. The van der Waals surface area contributed by atoms with Crippen molar-refractivity contribution in [2.75, 3.05) is 10.6 Å². The van der Waals surface area contributed by atoms with E-state index in [4.69, 9.17) is 11.6 Å². The van der Waals surface area contributed by atoms with Crippen molar-refractivity contribution >= 4 is 34.8 Å². The Bertz CT molecular complexity index is 729. The Hall–Kier alpha value is -2.37.